The van der Waals surface area contributed by atoms with Crippen LogP contribution in [0.1, 0.15) is 47.9 Å². The fourth-order valence-corrected chi connectivity index (χ4v) is 2.65. The van der Waals surface area contributed by atoms with E-state index in [2.05, 4.69) is 26.0 Å². The first-order chi connectivity index (χ1) is 7.24. The van der Waals surface area contributed by atoms with Crippen LogP contribution in [0.25, 0.3) is 0 Å². The molecule has 0 fully saturated rings. The van der Waals surface area contributed by atoms with Crippen molar-refractivity contribution in [1.82, 2.24) is 0 Å². The van der Waals surface area contributed by atoms with Crippen LogP contribution in [0, 0.1) is 6.92 Å². The lowest BCUT2D eigenvalue weighted by molar-refractivity contribution is -0.108. The molecule has 1 aliphatic carbocycles. The first-order valence-corrected chi connectivity index (χ1v) is 5.79. The molecule has 0 N–H and O–H groups in total. The molecule has 1 nitrogen and oxygen atoms in total. The molecule has 0 radical (unpaired) electrons. The Bertz CT molecular complexity index is 379. The van der Waals surface area contributed by atoms with Crippen LogP contribution >= 0.6 is 0 Å². The highest BCUT2D eigenvalue weighted by molar-refractivity contribution is 5.53. The molecule has 1 atom stereocenters. The second-order valence-electron chi connectivity index (χ2n) is 4.59. The van der Waals surface area contributed by atoms with Crippen molar-refractivity contribution >= 4 is 6.29 Å². The molecule has 2 rings (SSSR count). The maximum Gasteiger partial charge on any atom is 0.120 e. The predicted molar refractivity (Wildman–Crippen MR) is 62.3 cm³/mol. The standard InChI is InChI=1S/C14H18O/c1-10-6-7-13(11(2)8-9-15)14-5-3-4-12(10)14/h6-7,9,11H,3-5,8H2,1-2H3. The van der Waals surface area contributed by atoms with E-state index in [1.165, 1.54) is 36.0 Å². The highest BCUT2D eigenvalue weighted by Crippen LogP contribution is 2.33. The van der Waals surface area contributed by atoms with Crippen molar-refractivity contribution in [3.05, 3.63) is 34.4 Å². The van der Waals surface area contributed by atoms with Crippen LogP contribution in [-0.2, 0) is 17.6 Å². The fraction of sp³-hybridized carbons (Fsp3) is 0.500. The summed E-state index contributed by atoms with van der Waals surface area (Å²) < 4.78 is 0. The predicted octanol–water partition coefficient (Wildman–Crippen LogP) is 3.18. The highest BCUT2D eigenvalue weighted by Gasteiger charge is 2.19. The Labute approximate surface area is 91.5 Å². The van der Waals surface area contributed by atoms with Crippen molar-refractivity contribution in [2.45, 2.75) is 45.4 Å². The van der Waals surface area contributed by atoms with E-state index in [1.54, 1.807) is 5.56 Å². The van der Waals surface area contributed by atoms with Gasteiger partial charge in [0.1, 0.15) is 6.29 Å². The third kappa shape index (κ3) is 1.83. The van der Waals surface area contributed by atoms with Crippen LogP contribution in [-0.4, -0.2) is 6.29 Å². The molecule has 0 heterocycles. The molecule has 1 unspecified atom stereocenters. The number of fused-ring (bicyclic) bond motifs is 1. The van der Waals surface area contributed by atoms with Gasteiger partial charge in [-0.25, -0.2) is 0 Å². The number of hydrogen-bond acceptors (Lipinski definition) is 1. The van der Waals surface area contributed by atoms with Crippen LogP contribution in [0.15, 0.2) is 12.1 Å². The molecule has 0 aromatic heterocycles. The minimum absolute atomic E-state index is 0.384. The van der Waals surface area contributed by atoms with E-state index in [-0.39, 0.29) is 0 Å². The monoisotopic (exact) mass is 202 g/mol. The third-order valence-electron chi connectivity index (χ3n) is 3.54. The topological polar surface area (TPSA) is 17.1 Å². The van der Waals surface area contributed by atoms with Crippen molar-refractivity contribution in [1.29, 1.82) is 0 Å². The maximum absolute atomic E-state index is 10.6. The van der Waals surface area contributed by atoms with Gasteiger partial charge in [-0.05, 0) is 54.4 Å². The van der Waals surface area contributed by atoms with E-state index in [0.29, 0.717) is 12.3 Å². The minimum atomic E-state index is 0.384. The van der Waals surface area contributed by atoms with Gasteiger partial charge in [0.2, 0.25) is 0 Å². The summed E-state index contributed by atoms with van der Waals surface area (Å²) in [7, 11) is 0. The summed E-state index contributed by atoms with van der Waals surface area (Å²) in [5, 5.41) is 0. The van der Waals surface area contributed by atoms with Gasteiger partial charge in [-0.2, -0.15) is 0 Å². The smallest absolute Gasteiger partial charge is 0.120 e. The average molecular weight is 202 g/mol. The summed E-state index contributed by atoms with van der Waals surface area (Å²) in [6, 6.07) is 4.43. The fourth-order valence-electron chi connectivity index (χ4n) is 2.65. The van der Waals surface area contributed by atoms with Crippen LogP contribution < -0.4 is 0 Å². The van der Waals surface area contributed by atoms with E-state index < -0.39 is 0 Å². The lowest BCUT2D eigenvalue weighted by Crippen LogP contribution is -2.01. The third-order valence-corrected chi connectivity index (χ3v) is 3.54. The molecule has 0 amide bonds. The van der Waals surface area contributed by atoms with E-state index in [0.717, 1.165) is 6.29 Å². The quantitative estimate of drug-likeness (QED) is 0.688. The van der Waals surface area contributed by atoms with Gasteiger partial charge in [-0.1, -0.05) is 19.1 Å². The molecule has 0 spiro atoms. The molecule has 1 heteroatoms. The molecule has 0 saturated heterocycles. The van der Waals surface area contributed by atoms with E-state index in [4.69, 9.17) is 0 Å². The van der Waals surface area contributed by atoms with Crippen molar-refractivity contribution in [3.8, 4) is 0 Å². The maximum atomic E-state index is 10.6. The Hall–Kier alpha value is -1.11. The molecule has 1 aromatic carbocycles. The SMILES string of the molecule is Cc1ccc(C(C)CC=O)c2c1CCC2. The summed E-state index contributed by atoms with van der Waals surface area (Å²) in [4.78, 5) is 10.6. The number of aldehydes is 1. The molecular formula is C14H18O. The zero-order valence-electron chi connectivity index (χ0n) is 9.55. The molecule has 0 saturated carbocycles. The average Bonchev–Trinajstić information content (AvgIpc) is 2.68. The second kappa shape index (κ2) is 4.18. The number of carbonyl (C=O) groups excluding carboxylic acids is 1. The number of benzene rings is 1. The van der Waals surface area contributed by atoms with Crippen molar-refractivity contribution in [2.24, 2.45) is 0 Å². The van der Waals surface area contributed by atoms with Gasteiger partial charge in [0.05, 0.1) is 0 Å². The van der Waals surface area contributed by atoms with Crippen LogP contribution in [0.5, 0.6) is 0 Å². The molecule has 0 bridgehead atoms. The van der Waals surface area contributed by atoms with Crippen LogP contribution in [0.2, 0.25) is 0 Å². The van der Waals surface area contributed by atoms with Gasteiger partial charge in [-0.3, -0.25) is 0 Å². The zero-order chi connectivity index (χ0) is 10.8. The molecular weight excluding hydrogens is 184 g/mol. The van der Waals surface area contributed by atoms with Crippen LogP contribution in [0.4, 0.5) is 0 Å². The number of carbonyl (C=O) groups is 1. The number of rotatable bonds is 3. The van der Waals surface area contributed by atoms with Gasteiger partial charge in [0.15, 0.2) is 0 Å². The van der Waals surface area contributed by atoms with E-state index >= 15 is 0 Å². The minimum Gasteiger partial charge on any atom is -0.303 e. The first-order valence-electron chi connectivity index (χ1n) is 5.79. The Morgan fingerprint density at radius 2 is 2.07 bits per heavy atom. The summed E-state index contributed by atoms with van der Waals surface area (Å²) in [5.74, 6) is 0.384. The second-order valence-corrected chi connectivity index (χ2v) is 4.59. The van der Waals surface area contributed by atoms with Crippen molar-refractivity contribution < 1.29 is 4.79 Å². The summed E-state index contributed by atoms with van der Waals surface area (Å²) in [5.41, 5.74) is 5.90. The molecule has 80 valence electrons. The lowest BCUT2D eigenvalue weighted by atomic mass is 9.90. The summed E-state index contributed by atoms with van der Waals surface area (Å²) >= 11 is 0. The highest BCUT2D eigenvalue weighted by atomic mass is 16.1. The van der Waals surface area contributed by atoms with Gasteiger partial charge in [0, 0.05) is 6.42 Å². The lowest BCUT2D eigenvalue weighted by Gasteiger charge is -2.15. The summed E-state index contributed by atoms with van der Waals surface area (Å²) in [6.07, 6.45) is 5.39. The van der Waals surface area contributed by atoms with Gasteiger partial charge in [0.25, 0.3) is 0 Å². The van der Waals surface area contributed by atoms with E-state index in [9.17, 15) is 4.79 Å². The largest absolute Gasteiger partial charge is 0.303 e. The molecule has 1 aliphatic rings. The molecule has 15 heavy (non-hydrogen) atoms. The Kier molecular flexibility index (Phi) is 2.90. The number of hydrogen-bond donors (Lipinski definition) is 0. The Morgan fingerprint density at radius 3 is 2.80 bits per heavy atom. The van der Waals surface area contributed by atoms with Gasteiger partial charge >= 0.3 is 0 Å². The summed E-state index contributed by atoms with van der Waals surface area (Å²) in [6.45, 7) is 4.34. The zero-order valence-corrected chi connectivity index (χ0v) is 9.55. The van der Waals surface area contributed by atoms with Gasteiger partial charge < -0.3 is 4.79 Å². The normalized spacial score (nSPS) is 16.1. The first kappa shape index (κ1) is 10.4. The van der Waals surface area contributed by atoms with Crippen molar-refractivity contribution in [3.63, 3.8) is 0 Å². The van der Waals surface area contributed by atoms with Crippen LogP contribution in [0.3, 0.4) is 0 Å². The Balaban J connectivity index is 2.41. The molecule has 1 aromatic rings. The number of aryl methyl sites for hydroxylation is 1. The molecule has 0 aliphatic heterocycles. The van der Waals surface area contributed by atoms with Crippen molar-refractivity contribution in [2.75, 3.05) is 0 Å². The van der Waals surface area contributed by atoms with Gasteiger partial charge in [-0.15, -0.1) is 0 Å². The van der Waals surface area contributed by atoms with E-state index in [1.807, 2.05) is 0 Å². The Morgan fingerprint density at radius 1 is 1.33 bits per heavy atom.